The zero-order chi connectivity index (χ0) is 18.4. The predicted octanol–water partition coefficient (Wildman–Crippen LogP) is 3.78. The van der Waals surface area contributed by atoms with Crippen LogP contribution in [0.3, 0.4) is 0 Å². The Morgan fingerprint density at radius 3 is 2.20 bits per heavy atom. The van der Waals surface area contributed by atoms with Crippen molar-refractivity contribution in [2.45, 2.75) is 0 Å². The van der Waals surface area contributed by atoms with Gasteiger partial charge in [-0.2, -0.15) is 5.10 Å². The lowest BCUT2D eigenvalue weighted by molar-refractivity contribution is 0.0954. The number of halogens is 2. The Morgan fingerprint density at radius 2 is 1.64 bits per heavy atom. The first kappa shape index (κ1) is 18.9. The Balaban J connectivity index is 2.11. The van der Waals surface area contributed by atoms with Crippen LogP contribution in [0.15, 0.2) is 35.4 Å². The van der Waals surface area contributed by atoms with Crippen molar-refractivity contribution in [3.05, 3.63) is 51.5 Å². The van der Waals surface area contributed by atoms with Crippen LogP contribution >= 0.6 is 23.2 Å². The van der Waals surface area contributed by atoms with Crippen molar-refractivity contribution in [2.24, 2.45) is 5.10 Å². The van der Waals surface area contributed by atoms with E-state index in [2.05, 4.69) is 10.5 Å². The third-order valence-electron chi connectivity index (χ3n) is 3.25. The van der Waals surface area contributed by atoms with E-state index in [0.717, 1.165) is 0 Å². The lowest BCUT2D eigenvalue weighted by atomic mass is 10.2. The van der Waals surface area contributed by atoms with Crippen molar-refractivity contribution in [1.29, 1.82) is 0 Å². The Bertz CT molecular complexity index is 786. The number of benzene rings is 2. The molecular formula is C17H16Cl2N2O4. The van der Waals surface area contributed by atoms with E-state index in [9.17, 15) is 4.79 Å². The Labute approximate surface area is 155 Å². The molecule has 1 N–H and O–H groups in total. The summed E-state index contributed by atoms with van der Waals surface area (Å²) in [6, 6.07) is 8.05. The number of rotatable bonds is 6. The Kier molecular flexibility index (Phi) is 6.50. The molecule has 0 unspecified atom stereocenters. The molecule has 0 saturated heterocycles. The lowest BCUT2D eigenvalue weighted by Crippen LogP contribution is -2.17. The summed E-state index contributed by atoms with van der Waals surface area (Å²) in [6.07, 6.45) is 1.43. The number of carbonyl (C=O) groups is 1. The second-order valence-electron chi connectivity index (χ2n) is 4.79. The zero-order valence-electron chi connectivity index (χ0n) is 13.8. The third-order valence-corrected chi connectivity index (χ3v) is 3.81. The van der Waals surface area contributed by atoms with Gasteiger partial charge in [-0.05, 0) is 35.9 Å². The van der Waals surface area contributed by atoms with Gasteiger partial charge in [-0.15, -0.1) is 0 Å². The first-order valence-corrected chi connectivity index (χ1v) is 7.84. The molecule has 0 bridgehead atoms. The summed E-state index contributed by atoms with van der Waals surface area (Å²) < 4.78 is 15.4. The van der Waals surface area contributed by atoms with E-state index in [1.54, 1.807) is 30.3 Å². The first-order chi connectivity index (χ1) is 12.0. The second-order valence-corrected chi connectivity index (χ2v) is 5.60. The van der Waals surface area contributed by atoms with Crippen LogP contribution < -0.4 is 19.6 Å². The van der Waals surface area contributed by atoms with Gasteiger partial charge >= 0.3 is 0 Å². The minimum atomic E-state index is -0.400. The smallest absolute Gasteiger partial charge is 0.271 e. The van der Waals surface area contributed by atoms with Gasteiger partial charge in [-0.25, -0.2) is 5.43 Å². The lowest BCUT2D eigenvalue weighted by Gasteiger charge is -2.08. The van der Waals surface area contributed by atoms with Crippen molar-refractivity contribution in [3.63, 3.8) is 0 Å². The van der Waals surface area contributed by atoms with E-state index in [0.29, 0.717) is 38.4 Å². The van der Waals surface area contributed by atoms with E-state index < -0.39 is 5.91 Å². The summed E-state index contributed by atoms with van der Waals surface area (Å²) in [7, 11) is 4.49. The maximum absolute atomic E-state index is 12.1. The quantitative estimate of drug-likeness (QED) is 0.609. The fourth-order valence-electron chi connectivity index (χ4n) is 2.06. The summed E-state index contributed by atoms with van der Waals surface area (Å²) in [5, 5.41) is 4.60. The molecule has 0 aliphatic carbocycles. The maximum atomic E-state index is 12.1. The van der Waals surface area contributed by atoms with Gasteiger partial charge in [0.15, 0.2) is 17.2 Å². The number of carbonyl (C=O) groups excluding carboxylic acids is 1. The predicted molar refractivity (Wildman–Crippen MR) is 97.6 cm³/mol. The molecule has 6 nitrogen and oxygen atoms in total. The molecule has 8 heteroatoms. The van der Waals surface area contributed by atoms with Crippen molar-refractivity contribution in [3.8, 4) is 17.2 Å². The van der Waals surface area contributed by atoms with Gasteiger partial charge in [0.1, 0.15) is 0 Å². The number of nitrogens with zero attached hydrogens (tertiary/aromatic N) is 1. The SMILES string of the molecule is COc1ccc(C(=O)N/N=C/c2cc(Cl)c(OC)c(Cl)c2)cc1OC. The van der Waals surface area contributed by atoms with Crippen LogP contribution in [-0.4, -0.2) is 33.5 Å². The average Bonchev–Trinajstić information content (AvgIpc) is 2.60. The molecule has 25 heavy (non-hydrogen) atoms. The van der Waals surface area contributed by atoms with Crippen LogP contribution in [0.4, 0.5) is 0 Å². The van der Waals surface area contributed by atoms with Gasteiger partial charge in [-0.3, -0.25) is 4.79 Å². The molecule has 2 aromatic rings. The number of hydrogen-bond donors (Lipinski definition) is 1. The molecular weight excluding hydrogens is 367 g/mol. The van der Waals surface area contributed by atoms with Crippen molar-refractivity contribution >= 4 is 35.3 Å². The van der Waals surface area contributed by atoms with Crippen molar-refractivity contribution in [1.82, 2.24) is 5.43 Å². The number of hydrogen-bond acceptors (Lipinski definition) is 5. The number of amides is 1. The summed E-state index contributed by atoms with van der Waals surface area (Å²) in [6.45, 7) is 0. The molecule has 132 valence electrons. The molecule has 0 saturated carbocycles. The zero-order valence-corrected chi connectivity index (χ0v) is 15.3. The van der Waals surface area contributed by atoms with Gasteiger partial charge in [0.25, 0.3) is 5.91 Å². The summed E-state index contributed by atoms with van der Waals surface area (Å²) in [5.41, 5.74) is 3.41. The van der Waals surface area contributed by atoms with Crippen molar-refractivity contribution in [2.75, 3.05) is 21.3 Å². The molecule has 0 spiro atoms. The molecule has 0 heterocycles. The highest BCUT2D eigenvalue weighted by Crippen LogP contribution is 2.33. The average molecular weight is 383 g/mol. The molecule has 0 aliphatic rings. The van der Waals surface area contributed by atoms with Crippen LogP contribution in [0.1, 0.15) is 15.9 Å². The summed E-state index contributed by atoms with van der Waals surface area (Å²) in [5.74, 6) is 0.968. The molecule has 0 aromatic heterocycles. The van der Waals surface area contributed by atoms with E-state index in [4.69, 9.17) is 37.4 Å². The van der Waals surface area contributed by atoms with Gasteiger partial charge in [0.2, 0.25) is 0 Å². The number of ether oxygens (including phenoxy) is 3. The second kappa shape index (κ2) is 8.60. The minimum absolute atomic E-state index is 0.350. The van der Waals surface area contributed by atoms with Crippen molar-refractivity contribution < 1.29 is 19.0 Å². The van der Waals surface area contributed by atoms with E-state index in [1.807, 2.05) is 0 Å². The fraction of sp³-hybridized carbons (Fsp3) is 0.176. The normalized spacial score (nSPS) is 10.6. The number of hydrazone groups is 1. The minimum Gasteiger partial charge on any atom is -0.494 e. The van der Waals surface area contributed by atoms with Gasteiger partial charge in [0, 0.05) is 5.56 Å². The molecule has 2 aromatic carbocycles. The largest absolute Gasteiger partial charge is 0.494 e. The Morgan fingerprint density at radius 1 is 1.00 bits per heavy atom. The van der Waals surface area contributed by atoms with E-state index in [-0.39, 0.29) is 0 Å². The molecule has 0 aliphatic heterocycles. The van der Waals surface area contributed by atoms with Gasteiger partial charge in [0.05, 0.1) is 37.6 Å². The van der Waals surface area contributed by atoms with E-state index >= 15 is 0 Å². The highest BCUT2D eigenvalue weighted by atomic mass is 35.5. The number of nitrogens with one attached hydrogen (secondary N) is 1. The highest BCUT2D eigenvalue weighted by molar-refractivity contribution is 6.37. The standard InChI is InChI=1S/C17H16Cl2N2O4/c1-23-14-5-4-11(8-15(14)24-2)17(22)21-20-9-10-6-12(18)16(25-3)13(19)7-10/h4-9H,1-3H3,(H,21,22)/b20-9+. The van der Waals surface area contributed by atoms with E-state index in [1.165, 1.54) is 27.5 Å². The van der Waals surface area contributed by atoms with Crippen LogP contribution in [-0.2, 0) is 0 Å². The molecule has 0 atom stereocenters. The van der Waals surface area contributed by atoms with Crippen LogP contribution in [0.5, 0.6) is 17.2 Å². The summed E-state index contributed by atoms with van der Waals surface area (Å²) >= 11 is 12.1. The van der Waals surface area contributed by atoms with Crippen LogP contribution in [0, 0.1) is 0 Å². The molecule has 0 radical (unpaired) electrons. The first-order valence-electron chi connectivity index (χ1n) is 7.08. The fourth-order valence-corrected chi connectivity index (χ4v) is 2.71. The third kappa shape index (κ3) is 4.55. The molecule has 2 rings (SSSR count). The maximum Gasteiger partial charge on any atom is 0.271 e. The highest BCUT2D eigenvalue weighted by Gasteiger charge is 2.10. The summed E-state index contributed by atoms with van der Waals surface area (Å²) in [4.78, 5) is 12.1. The Hall–Kier alpha value is -2.44. The van der Waals surface area contributed by atoms with Crippen LogP contribution in [0.2, 0.25) is 10.0 Å². The monoisotopic (exact) mass is 382 g/mol. The molecule has 0 fully saturated rings. The number of methoxy groups -OCH3 is 3. The van der Waals surface area contributed by atoms with Crippen LogP contribution in [0.25, 0.3) is 0 Å². The topological polar surface area (TPSA) is 69.2 Å². The van der Waals surface area contributed by atoms with Gasteiger partial charge in [-0.1, -0.05) is 23.2 Å². The molecule has 1 amide bonds. The van der Waals surface area contributed by atoms with Gasteiger partial charge < -0.3 is 14.2 Å².